The number of unbranched alkanes of at least 4 members (excludes halogenated alkanes) is 6. The van der Waals surface area contributed by atoms with Crippen LogP contribution in [-0.2, 0) is 9.53 Å². The minimum absolute atomic E-state index is 0.137. The Bertz CT molecular complexity index is 269. The smallest absolute Gasteiger partial charge is 0.320 e. The van der Waals surface area contributed by atoms with Crippen molar-refractivity contribution in [1.82, 2.24) is 4.90 Å². The van der Waals surface area contributed by atoms with Gasteiger partial charge >= 0.3 is 5.97 Å². The second kappa shape index (κ2) is 11.1. The quantitative estimate of drug-likeness (QED) is 0.412. The molecular formula is C18H36NO2. The predicted molar refractivity (Wildman–Crippen MR) is 90.2 cm³/mol. The zero-order valence-corrected chi connectivity index (χ0v) is 14.9. The second-order valence-electron chi connectivity index (χ2n) is 7.03. The lowest BCUT2D eigenvalue weighted by Crippen LogP contribution is -2.39. The van der Waals surface area contributed by atoms with E-state index in [1.165, 1.54) is 38.5 Å². The summed E-state index contributed by atoms with van der Waals surface area (Å²) in [4.78, 5) is 14.0. The van der Waals surface area contributed by atoms with Gasteiger partial charge in [0.15, 0.2) is 0 Å². The summed E-state index contributed by atoms with van der Waals surface area (Å²) < 4.78 is 5.38. The Hall–Kier alpha value is -0.570. The van der Waals surface area contributed by atoms with Crippen LogP contribution < -0.4 is 0 Å². The molecule has 0 rings (SSSR count). The Labute approximate surface area is 132 Å². The number of esters is 1. The molecule has 125 valence electrons. The first-order chi connectivity index (χ1) is 9.76. The van der Waals surface area contributed by atoms with Gasteiger partial charge in [-0.1, -0.05) is 45.4 Å². The molecule has 0 amide bonds. The summed E-state index contributed by atoms with van der Waals surface area (Å²) in [5.41, 5.74) is -0.410. The van der Waals surface area contributed by atoms with Crippen molar-refractivity contribution in [3.8, 4) is 0 Å². The van der Waals surface area contributed by atoms with Crippen molar-refractivity contribution in [2.24, 2.45) is 0 Å². The number of carbonyl (C=O) groups excluding carboxylic acids is 1. The van der Waals surface area contributed by atoms with Gasteiger partial charge in [-0.2, -0.15) is 0 Å². The summed E-state index contributed by atoms with van der Waals surface area (Å²) >= 11 is 0. The van der Waals surface area contributed by atoms with Crippen LogP contribution in [0.3, 0.4) is 0 Å². The standard InChI is InChI=1S/C18H36NO2/c1-7-8-9-10-11-12-13-14-19(16(2)3)15-17(20)21-18(4,5)6/h16H,2,7-15H2,1,3-6H3. The van der Waals surface area contributed by atoms with Gasteiger partial charge in [0.2, 0.25) is 0 Å². The van der Waals surface area contributed by atoms with Crippen molar-refractivity contribution in [2.75, 3.05) is 13.1 Å². The fraction of sp³-hybridized carbons (Fsp3) is 0.889. The highest BCUT2D eigenvalue weighted by molar-refractivity contribution is 5.72. The van der Waals surface area contributed by atoms with Gasteiger partial charge in [-0.25, -0.2) is 0 Å². The van der Waals surface area contributed by atoms with E-state index in [2.05, 4.69) is 18.7 Å². The highest BCUT2D eigenvalue weighted by Crippen LogP contribution is 2.11. The minimum atomic E-state index is -0.410. The normalized spacial score (nSPS) is 12.2. The summed E-state index contributed by atoms with van der Waals surface area (Å²) in [6, 6.07) is 0.137. The molecule has 1 atom stereocenters. The summed E-state index contributed by atoms with van der Waals surface area (Å²) in [5.74, 6) is -0.152. The molecule has 0 aromatic carbocycles. The number of hydrogen-bond donors (Lipinski definition) is 0. The summed E-state index contributed by atoms with van der Waals surface area (Å²) in [7, 11) is 0. The van der Waals surface area contributed by atoms with E-state index >= 15 is 0 Å². The van der Waals surface area contributed by atoms with Crippen molar-refractivity contribution in [1.29, 1.82) is 0 Å². The number of ether oxygens (including phenoxy) is 1. The molecule has 21 heavy (non-hydrogen) atoms. The van der Waals surface area contributed by atoms with Crippen molar-refractivity contribution >= 4 is 5.97 Å². The van der Waals surface area contributed by atoms with Crippen molar-refractivity contribution in [3.05, 3.63) is 6.92 Å². The lowest BCUT2D eigenvalue weighted by Gasteiger charge is -2.27. The zero-order chi connectivity index (χ0) is 16.3. The SMILES string of the molecule is [CH2]C(C)N(CCCCCCCCC)CC(=O)OC(C)(C)C. The van der Waals surface area contributed by atoms with Crippen LogP contribution in [0.5, 0.6) is 0 Å². The maximum Gasteiger partial charge on any atom is 0.320 e. The molecule has 1 radical (unpaired) electrons. The summed E-state index contributed by atoms with van der Waals surface area (Å²) in [6.07, 6.45) is 8.99. The monoisotopic (exact) mass is 298 g/mol. The molecule has 0 saturated heterocycles. The average molecular weight is 298 g/mol. The minimum Gasteiger partial charge on any atom is -0.459 e. The molecule has 0 aromatic rings. The molecule has 0 heterocycles. The third-order valence-electron chi connectivity index (χ3n) is 3.42. The van der Waals surface area contributed by atoms with Crippen LogP contribution >= 0.6 is 0 Å². The van der Waals surface area contributed by atoms with E-state index in [-0.39, 0.29) is 12.0 Å². The fourth-order valence-corrected chi connectivity index (χ4v) is 2.27. The number of hydrogen-bond acceptors (Lipinski definition) is 3. The van der Waals surface area contributed by atoms with Crippen molar-refractivity contribution in [3.63, 3.8) is 0 Å². The molecular weight excluding hydrogens is 262 g/mol. The van der Waals surface area contributed by atoms with Crippen molar-refractivity contribution in [2.45, 2.75) is 91.2 Å². The van der Waals surface area contributed by atoms with Crippen LogP contribution in [0.2, 0.25) is 0 Å². The highest BCUT2D eigenvalue weighted by atomic mass is 16.6. The van der Waals surface area contributed by atoms with Gasteiger partial charge in [0.1, 0.15) is 5.60 Å². The predicted octanol–water partition coefficient (Wildman–Crippen LogP) is 4.60. The van der Waals surface area contributed by atoms with Crippen LogP contribution in [0.25, 0.3) is 0 Å². The van der Waals surface area contributed by atoms with E-state index in [0.717, 1.165) is 13.0 Å². The molecule has 0 aliphatic rings. The van der Waals surface area contributed by atoms with Crippen LogP contribution in [0.1, 0.15) is 79.6 Å². The largest absolute Gasteiger partial charge is 0.459 e. The molecule has 1 unspecified atom stereocenters. The first kappa shape index (κ1) is 20.4. The molecule has 0 aromatic heterocycles. The third-order valence-corrected chi connectivity index (χ3v) is 3.42. The second-order valence-corrected chi connectivity index (χ2v) is 7.03. The Morgan fingerprint density at radius 2 is 1.62 bits per heavy atom. The molecule has 0 aliphatic carbocycles. The average Bonchev–Trinajstić information content (AvgIpc) is 2.33. The molecule has 0 bridgehead atoms. The van der Waals surface area contributed by atoms with Gasteiger partial charge in [0.05, 0.1) is 6.54 Å². The molecule has 3 heteroatoms. The molecule has 0 fully saturated rings. The number of nitrogens with zero attached hydrogens (tertiary/aromatic N) is 1. The zero-order valence-electron chi connectivity index (χ0n) is 14.9. The fourth-order valence-electron chi connectivity index (χ4n) is 2.27. The van der Waals surface area contributed by atoms with Gasteiger partial charge in [-0.3, -0.25) is 9.69 Å². The Balaban J connectivity index is 3.90. The van der Waals surface area contributed by atoms with E-state index in [1.54, 1.807) is 0 Å². The molecule has 0 aliphatic heterocycles. The van der Waals surface area contributed by atoms with Gasteiger partial charge in [0.25, 0.3) is 0 Å². The van der Waals surface area contributed by atoms with Gasteiger partial charge in [0, 0.05) is 6.04 Å². The first-order valence-corrected chi connectivity index (χ1v) is 8.55. The lowest BCUT2D eigenvalue weighted by molar-refractivity contribution is -0.156. The third kappa shape index (κ3) is 12.9. The van der Waals surface area contributed by atoms with Gasteiger partial charge in [-0.15, -0.1) is 0 Å². The summed E-state index contributed by atoms with van der Waals surface area (Å²) in [5, 5.41) is 0. The Morgan fingerprint density at radius 1 is 1.10 bits per heavy atom. The van der Waals surface area contributed by atoms with Crippen molar-refractivity contribution < 1.29 is 9.53 Å². The van der Waals surface area contributed by atoms with Crippen LogP contribution in [0.4, 0.5) is 0 Å². The van der Waals surface area contributed by atoms with Crippen LogP contribution in [0, 0.1) is 6.92 Å². The van der Waals surface area contributed by atoms with E-state index in [1.807, 2.05) is 27.7 Å². The van der Waals surface area contributed by atoms with Gasteiger partial charge < -0.3 is 4.74 Å². The molecule has 3 nitrogen and oxygen atoms in total. The molecule has 0 N–H and O–H groups in total. The van der Waals surface area contributed by atoms with E-state index in [0.29, 0.717) is 6.54 Å². The number of rotatable bonds is 11. The van der Waals surface area contributed by atoms with E-state index in [9.17, 15) is 4.79 Å². The van der Waals surface area contributed by atoms with E-state index in [4.69, 9.17) is 4.74 Å². The molecule has 0 saturated carbocycles. The number of carbonyl (C=O) groups is 1. The Kier molecular flexibility index (Phi) is 10.8. The highest BCUT2D eigenvalue weighted by Gasteiger charge is 2.20. The maximum atomic E-state index is 11.9. The summed E-state index contributed by atoms with van der Waals surface area (Å²) in [6.45, 7) is 15.3. The van der Waals surface area contributed by atoms with Gasteiger partial charge in [-0.05, 0) is 47.6 Å². The molecule has 0 spiro atoms. The topological polar surface area (TPSA) is 29.5 Å². The first-order valence-electron chi connectivity index (χ1n) is 8.55. The Morgan fingerprint density at radius 3 is 2.10 bits per heavy atom. The van der Waals surface area contributed by atoms with Crippen LogP contribution in [0.15, 0.2) is 0 Å². The maximum absolute atomic E-state index is 11.9. The van der Waals surface area contributed by atoms with Crippen LogP contribution in [-0.4, -0.2) is 35.6 Å². The van der Waals surface area contributed by atoms with E-state index < -0.39 is 5.60 Å². The lowest BCUT2D eigenvalue weighted by atomic mass is 10.1.